The first-order valence-electron chi connectivity index (χ1n) is 7.87. The van der Waals surface area contributed by atoms with Crippen molar-refractivity contribution in [3.63, 3.8) is 0 Å². The first-order valence-corrected chi connectivity index (χ1v) is 8.28. The molecule has 1 aromatic carbocycles. The molecule has 6 heteroatoms. The summed E-state index contributed by atoms with van der Waals surface area (Å²) in [6, 6.07) is 5.29. The largest absolute Gasteiger partial charge is 0.429 e. The van der Waals surface area contributed by atoms with Crippen LogP contribution in [-0.4, -0.2) is 30.1 Å². The van der Waals surface area contributed by atoms with Crippen LogP contribution < -0.4 is 5.32 Å². The molecule has 5 nitrogen and oxygen atoms in total. The molecule has 1 amide bonds. The summed E-state index contributed by atoms with van der Waals surface area (Å²) >= 11 is 4.96. The van der Waals surface area contributed by atoms with E-state index in [2.05, 4.69) is 31.1 Å². The van der Waals surface area contributed by atoms with Gasteiger partial charge in [0, 0.05) is 24.6 Å². The summed E-state index contributed by atoms with van der Waals surface area (Å²) in [6.45, 7) is 7.90. The van der Waals surface area contributed by atoms with Gasteiger partial charge in [0.15, 0.2) is 5.58 Å². The van der Waals surface area contributed by atoms with E-state index in [0.29, 0.717) is 28.4 Å². The van der Waals surface area contributed by atoms with Crippen molar-refractivity contribution in [1.82, 2.24) is 10.3 Å². The van der Waals surface area contributed by atoms with E-state index in [1.165, 1.54) is 0 Å². The Labute approximate surface area is 140 Å². The number of ether oxygens (including phenoxy) is 1. The Bertz CT molecular complexity index is 772. The monoisotopic (exact) mass is 334 g/mol. The maximum Gasteiger partial charge on any atom is 0.266 e. The first kappa shape index (κ1) is 16.2. The number of hydrogen-bond acceptors (Lipinski definition) is 4. The predicted molar refractivity (Wildman–Crippen MR) is 91.0 cm³/mol. The highest BCUT2D eigenvalue weighted by atomic mass is 32.1. The molecule has 2 atom stereocenters. The van der Waals surface area contributed by atoms with E-state index in [1.54, 1.807) is 18.2 Å². The smallest absolute Gasteiger partial charge is 0.266 e. The number of aromatic nitrogens is 1. The van der Waals surface area contributed by atoms with Crippen molar-refractivity contribution in [3.05, 3.63) is 28.6 Å². The Kier molecular flexibility index (Phi) is 4.29. The second kappa shape index (κ2) is 6.09. The number of carbonyl (C=O) groups excluding carboxylic acids is 1. The number of oxazole rings is 1. The van der Waals surface area contributed by atoms with Crippen LogP contribution in [-0.2, 0) is 4.74 Å². The molecule has 0 unspecified atom stereocenters. The third-order valence-corrected chi connectivity index (χ3v) is 4.46. The molecule has 0 bridgehead atoms. The average molecular weight is 334 g/mol. The standard InChI is InChI=1S/C17H22N2O3S/c1-17(2,3)14-11(6-7-21-14)9-18-15(20)10-4-5-12-13(8-10)22-16(23)19-12/h4-5,8,11,14H,6-7,9H2,1-3H3,(H,18,20)(H,19,23)/t11-,14+/m1/s1. The highest BCUT2D eigenvalue weighted by Gasteiger charge is 2.37. The van der Waals surface area contributed by atoms with Crippen molar-refractivity contribution < 1.29 is 13.9 Å². The van der Waals surface area contributed by atoms with Gasteiger partial charge < -0.3 is 19.5 Å². The predicted octanol–water partition coefficient (Wildman–Crippen LogP) is 3.67. The Morgan fingerprint density at radius 2 is 2.22 bits per heavy atom. The van der Waals surface area contributed by atoms with E-state index in [1.807, 2.05) is 0 Å². The van der Waals surface area contributed by atoms with Crippen LogP contribution >= 0.6 is 12.2 Å². The SMILES string of the molecule is CC(C)(C)[C@H]1OCC[C@@H]1CNC(=O)c1ccc2[nH]c(=S)oc2c1. The summed E-state index contributed by atoms with van der Waals surface area (Å²) in [7, 11) is 0. The lowest BCUT2D eigenvalue weighted by molar-refractivity contribution is 0.00737. The Morgan fingerprint density at radius 1 is 1.43 bits per heavy atom. The summed E-state index contributed by atoms with van der Waals surface area (Å²) in [5, 5.41) is 3.02. The third-order valence-electron chi connectivity index (χ3n) is 4.28. The second-order valence-corrected chi connectivity index (χ2v) is 7.51. The minimum absolute atomic E-state index is 0.0780. The summed E-state index contributed by atoms with van der Waals surface area (Å²) in [4.78, 5) is 15.6. The van der Waals surface area contributed by atoms with Crippen LogP contribution in [0, 0.1) is 16.2 Å². The minimum Gasteiger partial charge on any atom is -0.429 e. The lowest BCUT2D eigenvalue weighted by Gasteiger charge is -2.31. The molecule has 0 saturated carbocycles. The molecule has 0 spiro atoms. The van der Waals surface area contributed by atoms with Crippen molar-refractivity contribution in [3.8, 4) is 0 Å². The number of hydrogen-bond donors (Lipinski definition) is 2. The van der Waals surface area contributed by atoms with E-state index >= 15 is 0 Å². The maximum absolute atomic E-state index is 12.4. The van der Waals surface area contributed by atoms with E-state index in [-0.39, 0.29) is 17.4 Å². The van der Waals surface area contributed by atoms with Gasteiger partial charge in [0.2, 0.25) is 0 Å². The van der Waals surface area contributed by atoms with E-state index in [4.69, 9.17) is 21.4 Å². The molecule has 1 aliphatic rings. The first-order chi connectivity index (χ1) is 10.8. The number of carbonyl (C=O) groups is 1. The molecular formula is C17H22N2O3S. The number of aromatic amines is 1. The number of amides is 1. The van der Waals surface area contributed by atoms with Gasteiger partial charge in [-0.3, -0.25) is 4.79 Å². The molecule has 1 aromatic heterocycles. The zero-order valence-electron chi connectivity index (χ0n) is 13.6. The molecule has 3 rings (SSSR count). The Morgan fingerprint density at radius 3 is 2.96 bits per heavy atom. The minimum atomic E-state index is -0.103. The molecule has 1 fully saturated rings. The number of nitrogens with one attached hydrogen (secondary N) is 2. The van der Waals surface area contributed by atoms with Crippen LogP contribution in [0.25, 0.3) is 11.1 Å². The number of H-pyrrole nitrogens is 1. The number of fused-ring (bicyclic) bond motifs is 1. The van der Waals surface area contributed by atoms with Gasteiger partial charge in [0.25, 0.3) is 10.7 Å². The van der Waals surface area contributed by atoms with Gasteiger partial charge in [-0.05, 0) is 42.3 Å². The fourth-order valence-electron chi connectivity index (χ4n) is 3.21. The lowest BCUT2D eigenvalue weighted by atomic mass is 9.81. The molecule has 2 heterocycles. The fourth-order valence-corrected chi connectivity index (χ4v) is 3.41. The van der Waals surface area contributed by atoms with Crippen molar-refractivity contribution in [1.29, 1.82) is 0 Å². The molecule has 0 radical (unpaired) electrons. The highest BCUT2D eigenvalue weighted by Crippen LogP contribution is 2.34. The summed E-state index contributed by atoms with van der Waals surface area (Å²) < 4.78 is 11.2. The average Bonchev–Trinajstić information content (AvgIpc) is 3.08. The molecule has 2 aromatic rings. The molecular weight excluding hydrogens is 312 g/mol. The molecule has 0 aliphatic carbocycles. The zero-order valence-corrected chi connectivity index (χ0v) is 14.5. The quantitative estimate of drug-likeness (QED) is 0.841. The molecule has 1 aliphatic heterocycles. The van der Waals surface area contributed by atoms with Gasteiger partial charge in [0.1, 0.15) is 0 Å². The van der Waals surface area contributed by atoms with Gasteiger partial charge in [0.05, 0.1) is 11.6 Å². The molecule has 124 valence electrons. The maximum atomic E-state index is 12.4. The van der Waals surface area contributed by atoms with Gasteiger partial charge in [-0.2, -0.15) is 0 Å². The van der Waals surface area contributed by atoms with Crippen molar-refractivity contribution in [2.45, 2.75) is 33.3 Å². The van der Waals surface area contributed by atoms with Crippen LogP contribution in [0.2, 0.25) is 0 Å². The second-order valence-electron chi connectivity index (χ2n) is 7.14. The Hall–Kier alpha value is -1.66. The summed E-state index contributed by atoms with van der Waals surface area (Å²) in [5.41, 5.74) is 2.04. The van der Waals surface area contributed by atoms with E-state index < -0.39 is 0 Å². The highest BCUT2D eigenvalue weighted by molar-refractivity contribution is 7.71. The Balaban J connectivity index is 1.67. The van der Waals surface area contributed by atoms with Crippen LogP contribution in [0.15, 0.2) is 22.6 Å². The van der Waals surface area contributed by atoms with Gasteiger partial charge in [-0.1, -0.05) is 20.8 Å². The normalized spacial score (nSPS) is 21.7. The third kappa shape index (κ3) is 3.48. The van der Waals surface area contributed by atoms with Crippen molar-refractivity contribution in [2.75, 3.05) is 13.2 Å². The van der Waals surface area contributed by atoms with Crippen LogP contribution in [0.4, 0.5) is 0 Å². The van der Waals surface area contributed by atoms with Crippen LogP contribution in [0.3, 0.4) is 0 Å². The zero-order chi connectivity index (χ0) is 16.6. The topological polar surface area (TPSA) is 67.3 Å². The fraction of sp³-hybridized carbons (Fsp3) is 0.529. The summed E-state index contributed by atoms with van der Waals surface area (Å²) in [5.74, 6) is 0.243. The van der Waals surface area contributed by atoms with E-state index in [0.717, 1.165) is 18.5 Å². The van der Waals surface area contributed by atoms with Crippen molar-refractivity contribution in [2.24, 2.45) is 11.3 Å². The lowest BCUT2D eigenvalue weighted by Crippen LogP contribution is -2.38. The van der Waals surface area contributed by atoms with Crippen LogP contribution in [0.5, 0.6) is 0 Å². The van der Waals surface area contributed by atoms with Gasteiger partial charge >= 0.3 is 0 Å². The van der Waals surface area contributed by atoms with Crippen LogP contribution in [0.1, 0.15) is 37.6 Å². The van der Waals surface area contributed by atoms with Gasteiger partial charge in [-0.15, -0.1) is 0 Å². The van der Waals surface area contributed by atoms with Crippen molar-refractivity contribution >= 4 is 29.2 Å². The number of rotatable bonds is 3. The molecule has 23 heavy (non-hydrogen) atoms. The molecule has 1 saturated heterocycles. The number of benzene rings is 1. The summed E-state index contributed by atoms with van der Waals surface area (Å²) in [6.07, 6.45) is 1.15. The molecule has 2 N–H and O–H groups in total. The van der Waals surface area contributed by atoms with E-state index in [9.17, 15) is 4.79 Å². The van der Waals surface area contributed by atoms with Gasteiger partial charge in [-0.25, -0.2) is 0 Å².